The second-order valence-corrected chi connectivity index (χ2v) is 6.30. The van der Waals surface area contributed by atoms with Gasteiger partial charge in [-0.15, -0.1) is 0 Å². The summed E-state index contributed by atoms with van der Waals surface area (Å²) in [6.07, 6.45) is 0. The second-order valence-electron chi connectivity index (χ2n) is 6.30. The van der Waals surface area contributed by atoms with Crippen LogP contribution in [0, 0.1) is 5.82 Å². The lowest BCUT2D eigenvalue weighted by Crippen LogP contribution is -3.15. The van der Waals surface area contributed by atoms with Crippen LogP contribution in [-0.4, -0.2) is 72.1 Å². The third-order valence-corrected chi connectivity index (χ3v) is 4.61. The number of hydrogen-bond acceptors (Lipinski definition) is 5. The molecule has 8 nitrogen and oxygen atoms in total. The molecule has 3 rings (SSSR count). The topological polar surface area (TPSA) is 89.1 Å². The summed E-state index contributed by atoms with van der Waals surface area (Å²) in [7, 11) is 1.37. The molecular formula is C18H22FN4O4+. The van der Waals surface area contributed by atoms with Gasteiger partial charge < -0.3 is 19.6 Å². The number of carbonyl (C=O) groups excluding carboxylic acids is 1. The average Bonchev–Trinajstić information content (AvgIpc) is 2.69. The smallest absolute Gasteiger partial charge is 0.278 e. The summed E-state index contributed by atoms with van der Waals surface area (Å²) >= 11 is 0. The minimum atomic E-state index is -0.479. The number of amides is 1. The van der Waals surface area contributed by atoms with Gasteiger partial charge in [-0.05, 0) is 24.3 Å². The minimum absolute atomic E-state index is 0.0343. The number of methoxy groups -OCH3 is 1. The highest BCUT2D eigenvalue weighted by atomic mass is 19.1. The number of aromatic nitrogens is 2. The first-order valence-corrected chi connectivity index (χ1v) is 8.71. The quantitative estimate of drug-likeness (QED) is 0.677. The van der Waals surface area contributed by atoms with Crippen molar-refractivity contribution in [3.63, 3.8) is 0 Å². The van der Waals surface area contributed by atoms with Gasteiger partial charge in [0.2, 0.25) is 0 Å². The molecule has 0 spiro atoms. The molecule has 9 heteroatoms. The number of rotatable bonds is 5. The summed E-state index contributed by atoms with van der Waals surface area (Å²) in [5.41, 5.74) is -0.0884. The lowest BCUT2D eigenvalue weighted by Gasteiger charge is -2.31. The van der Waals surface area contributed by atoms with E-state index in [4.69, 9.17) is 9.84 Å². The number of nitrogens with one attached hydrogen (secondary N) is 1. The van der Waals surface area contributed by atoms with Gasteiger partial charge in [0.15, 0.2) is 11.4 Å². The molecule has 1 fully saturated rings. The predicted molar refractivity (Wildman–Crippen MR) is 94.9 cm³/mol. The van der Waals surface area contributed by atoms with E-state index in [-0.39, 0.29) is 24.0 Å². The Hall–Kier alpha value is -2.78. The summed E-state index contributed by atoms with van der Waals surface area (Å²) < 4.78 is 19.4. The maximum atomic E-state index is 13.2. The molecule has 0 bridgehead atoms. The summed E-state index contributed by atoms with van der Waals surface area (Å²) in [6.45, 7) is 3.27. The number of halogens is 1. The van der Waals surface area contributed by atoms with Gasteiger partial charge >= 0.3 is 0 Å². The molecule has 1 aromatic carbocycles. The van der Waals surface area contributed by atoms with Crippen LogP contribution in [0.5, 0.6) is 5.75 Å². The fraction of sp³-hybridized carbons (Fsp3) is 0.389. The van der Waals surface area contributed by atoms with Crippen LogP contribution in [0.25, 0.3) is 5.69 Å². The molecule has 1 aromatic heterocycles. The van der Waals surface area contributed by atoms with Crippen molar-refractivity contribution in [1.82, 2.24) is 14.7 Å². The van der Waals surface area contributed by atoms with E-state index < -0.39 is 11.4 Å². The second kappa shape index (κ2) is 8.28. The average molecular weight is 377 g/mol. The van der Waals surface area contributed by atoms with Crippen molar-refractivity contribution in [1.29, 1.82) is 0 Å². The van der Waals surface area contributed by atoms with E-state index in [1.54, 1.807) is 4.90 Å². The Bertz CT molecular complexity index is 861. The first kappa shape index (κ1) is 19.0. The van der Waals surface area contributed by atoms with Crippen LogP contribution < -0.4 is 15.2 Å². The lowest BCUT2D eigenvalue weighted by atomic mass is 10.2. The maximum absolute atomic E-state index is 13.2. The molecule has 1 aliphatic rings. The van der Waals surface area contributed by atoms with E-state index >= 15 is 0 Å². The number of ether oxygens (including phenoxy) is 1. The first-order valence-electron chi connectivity index (χ1n) is 8.71. The molecule has 2 heterocycles. The van der Waals surface area contributed by atoms with E-state index in [0.29, 0.717) is 25.3 Å². The Kier molecular flexibility index (Phi) is 5.82. The fourth-order valence-corrected chi connectivity index (χ4v) is 3.10. The van der Waals surface area contributed by atoms with Crippen molar-refractivity contribution in [2.45, 2.75) is 0 Å². The molecule has 1 aliphatic heterocycles. The summed E-state index contributed by atoms with van der Waals surface area (Å²) in [6, 6.07) is 6.48. The number of hydrogen-bond donors (Lipinski definition) is 2. The van der Waals surface area contributed by atoms with Crippen molar-refractivity contribution in [2.75, 3.05) is 46.4 Å². The molecule has 2 aromatic rings. The number of aliphatic hydroxyl groups is 1. The van der Waals surface area contributed by atoms with Crippen LogP contribution in [-0.2, 0) is 0 Å². The van der Waals surface area contributed by atoms with Gasteiger partial charge in [-0.1, -0.05) is 0 Å². The van der Waals surface area contributed by atoms with Crippen LogP contribution in [0.3, 0.4) is 0 Å². The van der Waals surface area contributed by atoms with E-state index in [2.05, 4.69) is 5.10 Å². The van der Waals surface area contributed by atoms with Crippen molar-refractivity contribution in [3.8, 4) is 11.4 Å². The van der Waals surface area contributed by atoms with Gasteiger partial charge in [-0.2, -0.15) is 9.78 Å². The number of carbonyl (C=O) groups is 1. The van der Waals surface area contributed by atoms with Crippen LogP contribution in [0.2, 0.25) is 0 Å². The highest BCUT2D eigenvalue weighted by Gasteiger charge is 2.28. The Balaban J connectivity index is 1.90. The minimum Gasteiger partial charge on any atom is -0.494 e. The van der Waals surface area contributed by atoms with E-state index in [1.165, 1.54) is 42.3 Å². The zero-order chi connectivity index (χ0) is 19.4. The van der Waals surface area contributed by atoms with E-state index in [9.17, 15) is 14.0 Å². The fourth-order valence-electron chi connectivity index (χ4n) is 3.10. The van der Waals surface area contributed by atoms with Gasteiger partial charge in [-0.3, -0.25) is 9.59 Å². The monoisotopic (exact) mass is 377 g/mol. The Morgan fingerprint density at radius 3 is 2.56 bits per heavy atom. The summed E-state index contributed by atoms with van der Waals surface area (Å²) in [5.74, 6) is -0.654. The Morgan fingerprint density at radius 1 is 1.30 bits per heavy atom. The lowest BCUT2D eigenvalue weighted by molar-refractivity contribution is -0.904. The molecule has 1 saturated heterocycles. The number of nitrogens with zero attached hydrogens (tertiary/aromatic N) is 3. The van der Waals surface area contributed by atoms with Crippen molar-refractivity contribution in [3.05, 3.63) is 52.2 Å². The van der Waals surface area contributed by atoms with Crippen molar-refractivity contribution >= 4 is 5.91 Å². The van der Waals surface area contributed by atoms with Crippen LogP contribution >= 0.6 is 0 Å². The molecule has 2 N–H and O–H groups in total. The van der Waals surface area contributed by atoms with Gasteiger partial charge in [0.05, 0.1) is 51.6 Å². The third kappa shape index (κ3) is 4.15. The molecule has 0 saturated carbocycles. The molecule has 27 heavy (non-hydrogen) atoms. The molecule has 0 aliphatic carbocycles. The number of piperazine rings is 1. The van der Waals surface area contributed by atoms with Crippen LogP contribution in [0.4, 0.5) is 4.39 Å². The molecule has 1 amide bonds. The Labute approximate surface area is 155 Å². The van der Waals surface area contributed by atoms with Gasteiger partial charge in [0.25, 0.3) is 11.5 Å². The van der Waals surface area contributed by atoms with Gasteiger partial charge in [0, 0.05) is 0 Å². The Morgan fingerprint density at radius 2 is 1.96 bits per heavy atom. The molecule has 0 unspecified atom stereocenters. The van der Waals surface area contributed by atoms with Crippen LogP contribution in [0.1, 0.15) is 10.5 Å². The molecule has 0 radical (unpaired) electrons. The van der Waals surface area contributed by atoms with Crippen molar-refractivity contribution < 1.29 is 23.9 Å². The number of quaternary nitrogens is 1. The van der Waals surface area contributed by atoms with Gasteiger partial charge in [0.1, 0.15) is 12.4 Å². The SMILES string of the molecule is COc1cc(=O)n(-c2ccc(F)cc2)nc1C(=O)N1CC[NH+](CCO)CC1. The standard InChI is InChI=1S/C18H21FN4O4/c1-27-15-12-16(25)23(14-4-2-13(19)3-5-14)20-17(15)18(26)22-8-6-21(7-9-22)10-11-24/h2-5,12,24H,6-11H2,1H3/p+1. The highest BCUT2D eigenvalue weighted by Crippen LogP contribution is 2.17. The highest BCUT2D eigenvalue weighted by molar-refractivity contribution is 5.94. The predicted octanol–water partition coefficient (Wildman–Crippen LogP) is -1.29. The maximum Gasteiger partial charge on any atom is 0.278 e. The zero-order valence-electron chi connectivity index (χ0n) is 15.0. The van der Waals surface area contributed by atoms with E-state index in [0.717, 1.165) is 17.8 Å². The summed E-state index contributed by atoms with van der Waals surface area (Å²) in [4.78, 5) is 28.2. The molecule has 144 valence electrons. The van der Waals surface area contributed by atoms with Crippen molar-refractivity contribution in [2.24, 2.45) is 0 Å². The number of benzene rings is 1. The van der Waals surface area contributed by atoms with E-state index in [1.807, 2.05) is 0 Å². The third-order valence-electron chi connectivity index (χ3n) is 4.61. The normalized spacial score (nSPS) is 15.0. The molecule has 0 atom stereocenters. The summed E-state index contributed by atoms with van der Waals surface area (Å²) in [5, 5.41) is 13.2. The zero-order valence-corrected chi connectivity index (χ0v) is 15.0. The first-order chi connectivity index (χ1) is 13.0. The van der Waals surface area contributed by atoms with Crippen LogP contribution in [0.15, 0.2) is 35.1 Å². The van der Waals surface area contributed by atoms with Gasteiger partial charge in [-0.25, -0.2) is 4.39 Å². The molecular weight excluding hydrogens is 355 g/mol. The largest absolute Gasteiger partial charge is 0.494 e. The number of aliphatic hydroxyl groups excluding tert-OH is 1.